The van der Waals surface area contributed by atoms with Crippen molar-refractivity contribution in [2.24, 2.45) is 5.92 Å². The molecule has 0 bridgehead atoms. The highest BCUT2D eigenvalue weighted by atomic mass is 35.5. The predicted molar refractivity (Wildman–Crippen MR) is 167 cm³/mol. The molecule has 3 fully saturated rings. The first-order valence-electron chi connectivity index (χ1n) is 15.6. The summed E-state index contributed by atoms with van der Waals surface area (Å²) in [4.78, 5) is 45.6. The van der Waals surface area contributed by atoms with E-state index in [2.05, 4.69) is 0 Å². The van der Waals surface area contributed by atoms with Crippen LogP contribution in [-0.4, -0.2) is 83.8 Å². The largest absolute Gasteiger partial charge is 0.416 e. The minimum atomic E-state index is -5.02. The van der Waals surface area contributed by atoms with Gasteiger partial charge in [-0.05, 0) is 73.6 Å². The van der Waals surface area contributed by atoms with Crippen LogP contribution < -0.4 is 0 Å². The molecule has 15 heteroatoms. The number of hydrogen-bond donors (Lipinski definition) is 0. The number of likely N-dealkylation sites (tertiary alicyclic amines) is 2. The lowest BCUT2D eigenvalue weighted by atomic mass is 9.84. The van der Waals surface area contributed by atoms with Crippen molar-refractivity contribution in [2.45, 2.75) is 68.9 Å². The molecule has 4 amide bonds. The number of halogens is 8. The number of nitrogens with zero attached hydrogens (tertiary/aromatic N) is 4. The smallest absolute Gasteiger partial charge is 0.343 e. The zero-order valence-corrected chi connectivity index (χ0v) is 28.1. The van der Waals surface area contributed by atoms with E-state index in [0.29, 0.717) is 56.1 Å². The maximum absolute atomic E-state index is 14.1. The van der Waals surface area contributed by atoms with Crippen LogP contribution in [0, 0.1) is 5.92 Å². The van der Waals surface area contributed by atoms with Crippen LogP contribution in [0.4, 0.5) is 31.1 Å². The van der Waals surface area contributed by atoms with E-state index in [0.717, 1.165) is 5.56 Å². The Balaban J connectivity index is 1.40. The molecular formula is C33H36Cl2F6N4O3. The Morgan fingerprint density at radius 1 is 0.812 bits per heavy atom. The van der Waals surface area contributed by atoms with Gasteiger partial charge in [-0.2, -0.15) is 26.3 Å². The van der Waals surface area contributed by atoms with Gasteiger partial charge in [-0.15, -0.1) is 0 Å². The minimum Gasteiger partial charge on any atom is -0.343 e. The van der Waals surface area contributed by atoms with Crippen LogP contribution in [0.5, 0.6) is 0 Å². The third kappa shape index (κ3) is 7.22. The molecular weight excluding hydrogens is 685 g/mol. The van der Waals surface area contributed by atoms with Gasteiger partial charge in [0, 0.05) is 65.1 Å². The molecule has 262 valence electrons. The lowest BCUT2D eigenvalue weighted by Gasteiger charge is -2.45. The van der Waals surface area contributed by atoms with Crippen molar-refractivity contribution in [2.75, 3.05) is 40.3 Å². The van der Waals surface area contributed by atoms with Gasteiger partial charge in [0.1, 0.15) is 0 Å². The number of likely N-dealkylation sites (N-methyl/N-ethyl adjacent to an activating group) is 1. The van der Waals surface area contributed by atoms with Crippen LogP contribution >= 0.6 is 23.2 Å². The fraction of sp³-hybridized carbons (Fsp3) is 0.545. The summed E-state index contributed by atoms with van der Waals surface area (Å²) < 4.78 is 82.0. The lowest BCUT2D eigenvalue weighted by Crippen LogP contribution is -2.56. The second-order valence-corrected chi connectivity index (χ2v) is 13.8. The Morgan fingerprint density at radius 2 is 1.38 bits per heavy atom. The van der Waals surface area contributed by atoms with E-state index in [1.807, 2.05) is 0 Å². The van der Waals surface area contributed by atoms with Crippen LogP contribution in [0.25, 0.3) is 0 Å². The Kier molecular flexibility index (Phi) is 9.97. The molecule has 0 radical (unpaired) electrons. The molecule has 2 aromatic rings. The number of carbonyl (C=O) groups is 3. The number of piperidine rings is 2. The summed E-state index contributed by atoms with van der Waals surface area (Å²) in [5.74, 6) is -0.783. The third-order valence-corrected chi connectivity index (χ3v) is 10.9. The Hall–Kier alpha value is -3.19. The fourth-order valence-corrected chi connectivity index (χ4v) is 7.40. The third-order valence-electron chi connectivity index (χ3n) is 10.1. The molecule has 2 aliphatic heterocycles. The molecule has 5 rings (SSSR count). The summed E-state index contributed by atoms with van der Waals surface area (Å²) in [7, 11) is 2.94. The Bertz CT molecular complexity index is 1540. The lowest BCUT2D eigenvalue weighted by molar-refractivity contribution is -0.143. The first-order valence-corrected chi connectivity index (χ1v) is 16.4. The van der Waals surface area contributed by atoms with Crippen LogP contribution in [0.3, 0.4) is 0 Å². The van der Waals surface area contributed by atoms with Gasteiger partial charge < -0.3 is 19.6 Å². The molecule has 1 saturated carbocycles. The zero-order valence-electron chi connectivity index (χ0n) is 26.6. The van der Waals surface area contributed by atoms with Crippen LogP contribution in [0.1, 0.15) is 67.2 Å². The first kappa shape index (κ1) is 36.1. The van der Waals surface area contributed by atoms with Crippen molar-refractivity contribution in [3.05, 3.63) is 68.7 Å². The molecule has 1 aliphatic carbocycles. The molecule has 2 heterocycles. The molecule has 48 heavy (non-hydrogen) atoms. The van der Waals surface area contributed by atoms with Crippen LogP contribution in [-0.2, 0) is 27.5 Å². The normalized spacial score (nSPS) is 21.6. The molecule has 3 aliphatic rings. The van der Waals surface area contributed by atoms with Crippen LogP contribution in [0.15, 0.2) is 36.4 Å². The maximum atomic E-state index is 14.1. The van der Waals surface area contributed by atoms with Crippen molar-refractivity contribution in [3.8, 4) is 0 Å². The zero-order chi connectivity index (χ0) is 35.3. The predicted octanol–water partition coefficient (Wildman–Crippen LogP) is 7.65. The molecule has 7 nitrogen and oxygen atoms in total. The van der Waals surface area contributed by atoms with Gasteiger partial charge in [0.25, 0.3) is 0 Å². The number of carbonyl (C=O) groups excluding carboxylic acids is 3. The monoisotopic (exact) mass is 720 g/mol. The standard InChI is InChI=1S/C33H36Cl2F6N4O3/c1-19(46)44-11-6-20(7-12-44)29(47)45-13-8-28(25(18-45)21-4-5-26(34)27(35)14-21)42(2)30(48)43(3)31(9-10-31)22-15-23(32(36,37)38)17-24(16-22)33(39,40)41/h4-5,14-17,20,25,28H,6-13,18H2,1-3H3/t25-,28+/m0/s1. The summed E-state index contributed by atoms with van der Waals surface area (Å²) in [6, 6.07) is 5.44. The van der Waals surface area contributed by atoms with Gasteiger partial charge in [-0.25, -0.2) is 4.79 Å². The molecule has 0 N–H and O–H groups in total. The van der Waals surface area contributed by atoms with E-state index in [4.69, 9.17) is 23.2 Å². The van der Waals surface area contributed by atoms with Gasteiger partial charge in [0.15, 0.2) is 0 Å². The highest BCUT2D eigenvalue weighted by Crippen LogP contribution is 2.53. The van der Waals surface area contributed by atoms with E-state index >= 15 is 0 Å². The van der Waals surface area contributed by atoms with Crippen molar-refractivity contribution in [1.29, 1.82) is 0 Å². The van der Waals surface area contributed by atoms with Crippen LogP contribution in [0.2, 0.25) is 10.0 Å². The maximum Gasteiger partial charge on any atom is 0.416 e. The molecule has 0 spiro atoms. The van der Waals surface area contributed by atoms with E-state index < -0.39 is 47.0 Å². The Morgan fingerprint density at radius 3 is 1.88 bits per heavy atom. The topological polar surface area (TPSA) is 64.2 Å². The number of rotatable bonds is 5. The summed E-state index contributed by atoms with van der Waals surface area (Å²) >= 11 is 12.5. The average Bonchev–Trinajstić information content (AvgIpc) is 3.86. The van der Waals surface area contributed by atoms with E-state index in [9.17, 15) is 40.7 Å². The molecule has 0 aromatic heterocycles. The number of alkyl halides is 6. The first-order chi connectivity index (χ1) is 22.3. The number of hydrogen-bond acceptors (Lipinski definition) is 3. The summed E-state index contributed by atoms with van der Waals surface area (Å²) in [5, 5.41) is 0.595. The van der Waals surface area contributed by atoms with Gasteiger partial charge in [0.05, 0.1) is 26.7 Å². The summed E-state index contributed by atoms with van der Waals surface area (Å²) in [6.45, 7) is 3.03. The van der Waals surface area contributed by atoms with E-state index in [1.165, 1.54) is 23.8 Å². The molecule has 0 unspecified atom stereocenters. The Labute approximate surface area is 284 Å². The number of urea groups is 1. The van der Waals surface area contributed by atoms with Crippen molar-refractivity contribution >= 4 is 41.0 Å². The van der Waals surface area contributed by atoms with Crippen molar-refractivity contribution in [1.82, 2.24) is 19.6 Å². The van der Waals surface area contributed by atoms with Crippen molar-refractivity contribution in [3.63, 3.8) is 0 Å². The van der Waals surface area contributed by atoms with Gasteiger partial charge >= 0.3 is 18.4 Å². The van der Waals surface area contributed by atoms with E-state index in [1.54, 1.807) is 35.0 Å². The highest BCUT2D eigenvalue weighted by Gasteiger charge is 2.53. The van der Waals surface area contributed by atoms with Crippen molar-refractivity contribution < 1.29 is 40.7 Å². The molecule has 2 saturated heterocycles. The van der Waals surface area contributed by atoms with Gasteiger partial charge in [-0.1, -0.05) is 29.3 Å². The number of benzene rings is 2. The fourth-order valence-electron chi connectivity index (χ4n) is 7.09. The van der Waals surface area contributed by atoms with Gasteiger partial charge in [-0.3, -0.25) is 9.59 Å². The quantitative estimate of drug-likeness (QED) is 0.298. The second-order valence-electron chi connectivity index (χ2n) is 13.0. The minimum absolute atomic E-state index is 0.0408. The SMILES string of the molecule is CC(=O)N1CCC(C(=O)N2CC[C@@H](N(C)C(=O)N(C)C3(c4cc(C(F)(F)F)cc(C(F)(F)F)c4)CC3)[C@H](c3ccc(Cl)c(Cl)c3)C2)CC1. The van der Waals surface area contributed by atoms with Gasteiger partial charge in [0.2, 0.25) is 11.8 Å². The van der Waals surface area contributed by atoms with E-state index in [-0.39, 0.29) is 53.8 Å². The molecule has 2 aromatic carbocycles. The highest BCUT2D eigenvalue weighted by molar-refractivity contribution is 6.42. The summed E-state index contributed by atoms with van der Waals surface area (Å²) in [5.41, 5.74) is -3.73. The number of amides is 4. The molecule has 2 atom stereocenters. The summed E-state index contributed by atoms with van der Waals surface area (Å²) in [6.07, 6.45) is -8.24. The second kappa shape index (κ2) is 13.3. The average molecular weight is 722 g/mol.